The second-order valence-electron chi connectivity index (χ2n) is 4.08. The van der Waals surface area contributed by atoms with Crippen molar-refractivity contribution in [2.75, 3.05) is 36.9 Å². The van der Waals surface area contributed by atoms with Gasteiger partial charge in [-0.3, -0.25) is 10.1 Å². The van der Waals surface area contributed by atoms with Gasteiger partial charge in [-0.1, -0.05) is 11.6 Å². The molecule has 0 spiro atoms. The molecule has 0 aliphatic rings. The molecule has 1 aromatic carbocycles. The molecule has 112 valence electrons. The third-order valence-electron chi connectivity index (χ3n) is 2.60. The number of hydrogen-bond acceptors (Lipinski definition) is 6. The lowest BCUT2D eigenvalue weighted by Gasteiger charge is -2.12. The average Bonchev–Trinajstić information content (AvgIpc) is 2.42. The van der Waals surface area contributed by atoms with E-state index in [1.165, 1.54) is 6.07 Å². The number of nitrogens with one attached hydrogen (secondary N) is 2. The van der Waals surface area contributed by atoms with Gasteiger partial charge in [-0.05, 0) is 25.0 Å². The number of hydrogen-bond donors (Lipinski definition) is 4. The first-order chi connectivity index (χ1) is 9.61. The fourth-order valence-corrected chi connectivity index (χ4v) is 1.88. The Kier molecular flexibility index (Phi) is 7.06. The quantitative estimate of drug-likeness (QED) is 0.315. The molecule has 1 rings (SSSR count). The summed E-state index contributed by atoms with van der Waals surface area (Å²) < 4.78 is 0. The summed E-state index contributed by atoms with van der Waals surface area (Å²) in [5.41, 5.74) is 0.451. The molecular formula is C12H18ClN3O4. The van der Waals surface area contributed by atoms with Crippen LogP contribution in [0.1, 0.15) is 12.8 Å². The molecule has 4 N–H and O–H groups in total. The standard InChI is InChI=1S/C12H18ClN3O4/c13-9-3-4-10(14-5-1-7-17)12(16(19)20)11(9)15-6-2-8-18/h3-4,14-15,17-18H,1-2,5-8H2. The highest BCUT2D eigenvalue weighted by molar-refractivity contribution is 6.34. The van der Waals surface area contributed by atoms with Crippen molar-refractivity contribution in [3.05, 3.63) is 27.3 Å². The Balaban J connectivity index is 2.99. The van der Waals surface area contributed by atoms with Gasteiger partial charge in [0, 0.05) is 26.3 Å². The first-order valence-corrected chi connectivity index (χ1v) is 6.66. The maximum atomic E-state index is 11.2. The van der Waals surface area contributed by atoms with Crippen LogP contribution in [0.5, 0.6) is 0 Å². The largest absolute Gasteiger partial charge is 0.396 e. The maximum absolute atomic E-state index is 11.2. The van der Waals surface area contributed by atoms with Gasteiger partial charge in [0.25, 0.3) is 0 Å². The summed E-state index contributed by atoms with van der Waals surface area (Å²) in [5.74, 6) is 0. The number of aliphatic hydroxyl groups excluding tert-OH is 2. The summed E-state index contributed by atoms with van der Waals surface area (Å²) in [6, 6.07) is 3.10. The van der Waals surface area contributed by atoms with Crippen molar-refractivity contribution < 1.29 is 15.1 Å². The normalized spacial score (nSPS) is 10.3. The van der Waals surface area contributed by atoms with E-state index in [1.54, 1.807) is 6.07 Å². The minimum atomic E-state index is -0.506. The number of nitro benzene ring substituents is 1. The summed E-state index contributed by atoms with van der Waals surface area (Å²) >= 11 is 5.99. The molecular weight excluding hydrogens is 286 g/mol. The average molecular weight is 304 g/mol. The molecule has 7 nitrogen and oxygen atoms in total. The topological polar surface area (TPSA) is 108 Å². The number of nitro groups is 1. The number of nitrogens with zero attached hydrogens (tertiary/aromatic N) is 1. The van der Waals surface area contributed by atoms with Crippen molar-refractivity contribution in [2.24, 2.45) is 0 Å². The fourth-order valence-electron chi connectivity index (χ4n) is 1.66. The van der Waals surface area contributed by atoms with Gasteiger partial charge in [0.2, 0.25) is 0 Å². The molecule has 0 radical (unpaired) electrons. The Labute approximate surface area is 121 Å². The first-order valence-electron chi connectivity index (χ1n) is 6.28. The Hall–Kier alpha value is -1.57. The zero-order chi connectivity index (χ0) is 15.0. The SMILES string of the molecule is O=[N+]([O-])c1c(NCCCO)ccc(Cl)c1NCCCO. The first kappa shape index (κ1) is 16.5. The second-order valence-corrected chi connectivity index (χ2v) is 4.49. The Morgan fingerprint density at radius 1 is 1.15 bits per heavy atom. The predicted octanol–water partition coefficient (Wildman–Crippen LogP) is 1.84. The monoisotopic (exact) mass is 303 g/mol. The lowest BCUT2D eigenvalue weighted by atomic mass is 10.2. The van der Waals surface area contributed by atoms with Gasteiger partial charge >= 0.3 is 5.69 Å². The number of aliphatic hydroxyl groups is 2. The van der Waals surface area contributed by atoms with Gasteiger partial charge in [-0.2, -0.15) is 0 Å². The van der Waals surface area contributed by atoms with Gasteiger partial charge in [0.1, 0.15) is 11.4 Å². The lowest BCUT2D eigenvalue weighted by molar-refractivity contribution is -0.383. The third-order valence-corrected chi connectivity index (χ3v) is 2.91. The van der Waals surface area contributed by atoms with Gasteiger partial charge in [-0.25, -0.2) is 0 Å². The van der Waals surface area contributed by atoms with Crippen molar-refractivity contribution in [1.29, 1.82) is 0 Å². The zero-order valence-electron chi connectivity index (χ0n) is 10.9. The van der Waals surface area contributed by atoms with Crippen molar-refractivity contribution >= 4 is 28.7 Å². The molecule has 1 aromatic rings. The van der Waals surface area contributed by atoms with E-state index in [2.05, 4.69) is 10.6 Å². The Bertz CT molecular complexity index is 457. The van der Waals surface area contributed by atoms with Crippen LogP contribution in [0.3, 0.4) is 0 Å². The van der Waals surface area contributed by atoms with Crippen LogP contribution in [0.2, 0.25) is 5.02 Å². The van der Waals surface area contributed by atoms with Crippen LogP contribution < -0.4 is 10.6 Å². The van der Waals surface area contributed by atoms with E-state index in [-0.39, 0.29) is 29.6 Å². The van der Waals surface area contributed by atoms with Crippen molar-refractivity contribution in [2.45, 2.75) is 12.8 Å². The number of anilines is 2. The molecule has 0 fully saturated rings. The van der Waals surface area contributed by atoms with Crippen LogP contribution in [0.4, 0.5) is 17.1 Å². The van der Waals surface area contributed by atoms with Crippen LogP contribution in [-0.2, 0) is 0 Å². The van der Waals surface area contributed by atoms with E-state index in [0.717, 1.165) is 0 Å². The van der Waals surface area contributed by atoms with E-state index in [9.17, 15) is 10.1 Å². The highest BCUT2D eigenvalue weighted by Gasteiger charge is 2.22. The molecule has 0 aromatic heterocycles. The summed E-state index contributed by atoms with van der Waals surface area (Å²) in [4.78, 5) is 10.7. The van der Waals surface area contributed by atoms with Crippen molar-refractivity contribution in [3.63, 3.8) is 0 Å². The summed E-state index contributed by atoms with van der Waals surface area (Å²) in [7, 11) is 0. The van der Waals surface area contributed by atoms with Gasteiger partial charge in [-0.15, -0.1) is 0 Å². The molecule has 0 aliphatic carbocycles. The number of halogens is 1. The Morgan fingerprint density at radius 2 is 1.75 bits per heavy atom. The highest BCUT2D eigenvalue weighted by Crippen LogP contribution is 2.38. The fraction of sp³-hybridized carbons (Fsp3) is 0.500. The van der Waals surface area contributed by atoms with Gasteiger partial charge in [0.05, 0.1) is 9.95 Å². The smallest absolute Gasteiger partial charge is 0.316 e. The van der Waals surface area contributed by atoms with E-state index in [0.29, 0.717) is 31.6 Å². The van der Waals surface area contributed by atoms with Crippen molar-refractivity contribution in [1.82, 2.24) is 0 Å². The summed E-state index contributed by atoms with van der Waals surface area (Å²) in [6.45, 7) is 0.815. The van der Waals surface area contributed by atoms with Crippen LogP contribution in [0, 0.1) is 10.1 Å². The van der Waals surface area contributed by atoms with E-state index >= 15 is 0 Å². The van der Waals surface area contributed by atoms with Crippen LogP contribution in [-0.4, -0.2) is 41.4 Å². The molecule has 8 heteroatoms. The van der Waals surface area contributed by atoms with Crippen LogP contribution in [0.25, 0.3) is 0 Å². The van der Waals surface area contributed by atoms with Gasteiger partial charge < -0.3 is 20.8 Å². The predicted molar refractivity (Wildman–Crippen MR) is 78.5 cm³/mol. The molecule has 20 heavy (non-hydrogen) atoms. The third kappa shape index (κ3) is 4.52. The number of rotatable bonds is 9. The maximum Gasteiger partial charge on any atom is 0.316 e. The van der Waals surface area contributed by atoms with Crippen LogP contribution in [0.15, 0.2) is 12.1 Å². The minimum absolute atomic E-state index is 0.00709. The molecule has 0 unspecified atom stereocenters. The molecule has 0 heterocycles. The van der Waals surface area contributed by atoms with Crippen LogP contribution >= 0.6 is 11.6 Å². The van der Waals surface area contributed by atoms with Gasteiger partial charge in [0.15, 0.2) is 0 Å². The zero-order valence-corrected chi connectivity index (χ0v) is 11.7. The number of benzene rings is 1. The van der Waals surface area contributed by atoms with Crippen molar-refractivity contribution in [3.8, 4) is 0 Å². The molecule has 0 saturated carbocycles. The summed E-state index contributed by atoms with van der Waals surface area (Å²) in [5, 5.41) is 34.7. The highest BCUT2D eigenvalue weighted by atomic mass is 35.5. The lowest BCUT2D eigenvalue weighted by Crippen LogP contribution is -2.10. The molecule has 0 amide bonds. The van der Waals surface area contributed by atoms with E-state index < -0.39 is 4.92 Å². The van der Waals surface area contributed by atoms with E-state index in [4.69, 9.17) is 21.8 Å². The minimum Gasteiger partial charge on any atom is -0.396 e. The summed E-state index contributed by atoms with van der Waals surface area (Å²) in [6.07, 6.45) is 0.961. The molecule has 0 saturated heterocycles. The Morgan fingerprint density at radius 3 is 2.30 bits per heavy atom. The molecule has 0 atom stereocenters. The van der Waals surface area contributed by atoms with E-state index in [1.807, 2.05) is 0 Å². The molecule has 0 aliphatic heterocycles. The molecule has 0 bridgehead atoms. The second kappa shape index (κ2) is 8.57.